The molecule has 0 unspecified atom stereocenters. The summed E-state index contributed by atoms with van der Waals surface area (Å²) in [4.78, 5) is 11.2. The van der Waals surface area contributed by atoms with E-state index >= 15 is 0 Å². The number of hydrogen-bond acceptors (Lipinski definition) is 3. The van der Waals surface area contributed by atoms with E-state index in [0.717, 1.165) is 12.8 Å². The zero-order chi connectivity index (χ0) is 8.48. The Morgan fingerprint density at radius 3 is 2.55 bits per heavy atom. The first kappa shape index (κ1) is 8.53. The van der Waals surface area contributed by atoms with Gasteiger partial charge in [0.05, 0.1) is 7.11 Å². The summed E-state index contributed by atoms with van der Waals surface area (Å²) in [7, 11) is 1.39. The molecule has 3 heteroatoms. The molecule has 0 bridgehead atoms. The minimum Gasteiger partial charge on any atom is -0.468 e. The highest BCUT2D eigenvalue weighted by Crippen LogP contribution is 2.40. The quantitative estimate of drug-likeness (QED) is 0.613. The van der Waals surface area contributed by atoms with Gasteiger partial charge in [0.15, 0.2) is 0 Å². The molecule has 1 atom stereocenters. The van der Waals surface area contributed by atoms with Gasteiger partial charge in [-0.2, -0.15) is 0 Å². The van der Waals surface area contributed by atoms with Crippen LogP contribution in [0.3, 0.4) is 0 Å². The average molecular weight is 157 g/mol. The Morgan fingerprint density at radius 2 is 2.27 bits per heavy atom. The maximum Gasteiger partial charge on any atom is 0.326 e. The van der Waals surface area contributed by atoms with Crippen molar-refractivity contribution in [3.8, 4) is 0 Å². The smallest absolute Gasteiger partial charge is 0.326 e. The summed E-state index contributed by atoms with van der Waals surface area (Å²) in [5.74, 6) is 0.0995. The maximum atomic E-state index is 11.2. The van der Waals surface area contributed by atoms with Crippen LogP contribution >= 0.6 is 0 Å². The number of carbonyl (C=O) groups is 1. The Bertz CT molecular complexity index is 165. The minimum atomic E-state index is -0.700. The van der Waals surface area contributed by atoms with Crippen molar-refractivity contribution >= 4 is 5.97 Å². The number of ether oxygens (including phenoxy) is 1. The maximum absolute atomic E-state index is 11.2. The van der Waals surface area contributed by atoms with E-state index in [0.29, 0.717) is 12.3 Å². The molecule has 0 radical (unpaired) electrons. The lowest BCUT2D eigenvalue weighted by atomic mass is 9.92. The molecule has 0 spiro atoms. The highest BCUT2D eigenvalue weighted by Gasteiger charge is 2.47. The number of hydrogen-bond donors (Lipinski definition) is 1. The van der Waals surface area contributed by atoms with E-state index in [-0.39, 0.29) is 5.97 Å². The fourth-order valence-electron chi connectivity index (χ4n) is 1.39. The van der Waals surface area contributed by atoms with Crippen molar-refractivity contribution in [2.45, 2.75) is 31.7 Å². The van der Waals surface area contributed by atoms with Gasteiger partial charge in [-0.15, -0.1) is 0 Å². The van der Waals surface area contributed by atoms with Crippen molar-refractivity contribution in [2.24, 2.45) is 11.7 Å². The molecule has 0 amide bonds. The summed E-state index contributed by atoms with van der Waals surface area (Å²) in [5, 5.41) is 0. The standard InChI is InChI=1S/C8H15NO2/c1-3-8(9,6-4-5-6)7(10)11-2/h6H,3-5,9H2,1-2H3/t8-/m0/s1. The van der Waals surface area contributed by atoms with Gasteiger partial charge < -0.3 is 10.5 Å². The van der Waals surface area contributed by atoms with E-state index in [4.69, 9.17) is 5.73 Å². The Balaban J connectivity index is 2.64. The predicted octanol–water partition coefficient (Wildman–Crippen LogP) is 0.677. The number of methoxy groups -OCH3 is 1. The van der Waals surface area contributed by atoms with Crippen LogP contribution in [0.2, 0.25) is 0 Å². The lowest BCUT2D eigenvalue weighted by Crippen LogP contribution is -2.50. The van der Waals surface area contributed by atoms with Crippen LogP contribution < -0.4 is 5.73 Å². The summed E-state index contributed by atoms with van der Waals surface area (Å²) in [6.45, 7) is 1.93. The Labute approximate surface area is 66.9 Å². The van der Waals surface area contributed by atoms with Crippen LogP contribution in [0.1, 0.15) is 26.2 Å². The first-order valence-corrected chi connectivity index (χ1v) is 4.02. The third-order valence-electron chi connectivity index (χ3n) is 2.46. The molecule has 0 saturated heterocycles. The summed E-state index contributed by atoms with van der Waals surface area (Å²) < 4.78 is 4.64. The van der Waals surface area contributed by atoms with Crippen molar-refractivity contribution in [2.75, 3.05) is 7.11 Å². The number of rotatable bonds is 3. The summed E-state index contributed by atoms with van der Waals surface area (Å²) in [6, 6.07) is 0. The van der Waals surface area contributed by atoms with Gasteiger partial charge in [0.1, 0.15) is 5.54 Å². The highest BCUT2D eigenvalue weighted by molar-refractivity contribution is 5.81. The molecule has 1 aliphatic carbocycles. The molecule has 0 aliphatic heterocycles. The zero-order valence-electron chi connectivity index (χ0n) is 7.09. The second-order valence-corrected chi connectivity index (χ2v) is 3.16. The Hall–Kier alpha value is -0.570. The van der Waals surface area contributed by atoms with Crippen LogP contribution in [0.4, 0.5) is 0 Å². The number of nitrogens with two attached hydrogens (primary N) is 1. The molecule has 1 fully saturated rings. The molecule has 64 valence electrons. The van der Waals surface area contributed by atoms with Crippen LogP contribution in [0.25, 0.3) is 0 Å². The summed E-state index contributed by atoms with van der Waals surface area (Å²) in [5.41, 5.74) is 5.18. The third-order valence-corrected chi connectivity index (χ3v) is 2.46. The normalized spacial score (nSPS) is 22.5. The van der Waals surface area contributed by atoms with E-state index in [9.17, 15) is 4.79 Å². The van der Waals surface area contributed by atoms with E-state index in [1.54, 1.807) is 0 Å². The van der Waals surface area contributed by atoms with Gasteiger partial charge in [0.25, 0.3) is 0 Å². The second-order valence-electron chi connectivity index (χ2n) is 3.16. The Morgan fingerprint density at radius 1 is 1.73 bits per heavy atom. The molecule has 0 heterocycles. The minimum absolute atomic E-state index is 0.262. The number of esters is 1. The lowest BCUT2D eigenvalue weighted by Gasteiger charge is -2.24. The van der Waals surface area contributed by atoms with Gasteiger partial charge >= 0.3 is 5.97 Å². The molecule has 1 aliphatic rings. The molecular weight excluding hydrogens is 142 g/mol. The lowest BCUT2D eigenvalue weighted by molar-refractivity contribution is -0.148. The average Bonchev–Trinajstić information content (AvgIpc) is 2.84. The second kappa shape index (κ2) is 2.81. The molecule has 0 aromatic rings. The molecule has 2 N–H and O–H groups in total. The van der Waals surface area contributed by atoms with E-state index in [2.05, 4.69) is 4.74 Å². The topological polar surface area (TPSA) is 52.3 Å². The van der Waals surface area contributed by atoms with Gasteiger partial charge in [-0.1, -0.05) is 6.92 Å². The molecule has 1 saturated carbocycles. The summed E-state index contributed by atoms with van der Waals surface area (Å²) >= 11 is 0. The van der Waals surface area contributed by atoms with Crippen molar-refractivity contribution in [3.05, 3.63) is 0 Å². The van der Waals surface area contributed by atoms with Gasteiger partial charge in [0, 0.05) is 0 Å². The first-order chi connectivity index (χ1) is 5.15. The van der Waals surface area contributed by atoms with Crippen molar-refractivity contribution in [1.82, 2.24) is 0 Å². The van der Waals surface area contributed by atoms with E-state index in [1.165, 1.54) is 7.11 Å². The zero-order valence-corrected chi connectivity index (χ0v) is 7.09. The third kappa shape index (κ3) is 1.38. The van der Waals surface area contributed by atoms with Crippen molar-refractivity contribution in [1.29, 1.82) is 0 Å². The molecule has 0 aromatic heterocycles. The van der Waals surface area contributed by atoms with E-state index in [1.807, 2.05) is 6.92 Å². The van der Waals surface area contributed by atoms with E-state index < -0.39 is 5.54 Å². The van der Waals surface area contributed by atoms with Gasteiger partial charge in [-0.3, -0.25) is 4.79 Å². The first-order valence-electron chi connectivity index (χ1n) is 4.02. The SMILES string of the molecule is CC[C@@](N)(C(=O)OC)C1CC1. The molecule has 1 rings (SSSR count). The Kier molecular flexibility index (Phi) is 2.18. The monoisotopic (exact) mass is 157 g/mol. The van der Waals surface area contributed by atoms with Crippen LogP contribution in [-0.2, 0) is 9.53 Å². The van der Waals surface area contributed by atoms with Crippen LogP contribution in [-0.4, -0.2) is 18.6 Å². The van der Waals surface area contributed by atoms with Crippen molar-refractivity contribution in [3.63, 3.8) is 0 Å². The highest BCUT2D eigenvalue weighted by atomic mass is 16.5. The molecular formula is C8H15NO2. The fraction of sp³-hybridized carbons (Fsp3) is 0.875. The van der Waals surface area contributed by atoms with Crippen LogP contribution in [0.15, 0.2) is 0 Å². The van der Waals surface area contributed by atoms with Crippen LogP contribution in [0, 0.1) is 5.92 Å². The predicted molar refractivity (Wildman–Crippen MR) is 41.9 cm³/mol. The van der Waals surface area contributed by atoms with Gasteiger partial charge in [0.2, 0.25) is 0 Å². The molecule has 3 nitrogen and oxygen atoms in total. The molecule has 0 aromatic carbocycles. The summed E-state index contributed by atoms with van der Waals surface area (Å²) in [6.07, 6.45) is 2.81. The van der Waals surface area contributed by atoms with Crippen molar-refractivity contribution < 1.29 is 9.53 Å². The van der Waals surface area contributed by atoms with Gasteiger partial charge in [-0.05, 0) is 25.2 Å². The molecule has 11 heavy (non-hydrogen) atoms. The largest absolute Gasteiger partial charge is 0.468 e. The fourth-order valence-corrected chi connectivity index (χ4v) is 1.39. The van der Waals surface area contributed by atoms with Crippen LogP contribution in [0.5, 0.6) is 0 Å². The van der Waals surface area contributed by atoms with Gasteiger partial charge in [-0.25, -0.2) is 0 Å². The number of carbonyl (C=O) groups excluding carboxylic acids is 1.